The van der Waals surface area contributed by atoms with Crippen molar-refractivity contribution in [3.8, 4) is 0 Å². The Morgan fingerprint density at radius 1 is 1.03 bits per heavy atom. The molecule has 2 aliphatic rings. The van der Waals surface area contributed by atoms with Crippen molar-refractivity contribution in [1.29, 1.82) is 0 Å². The van der Waals surface area contributed by atoms with Crippen LogP contribution in [0.15, 0.2) is 4.99 Å². The van der Waals surface area contributed by atoms with Crippen LogP contribution in [0.5, 0.6) is 0 Å². The summed E-state index contributed by atoms with van der Waals surface area (Å²) in [5, 5.41) is 13.9. The van der Waals surface area contributed by atoms with E-state index >= 15 is 0 Å². The third-order valence-electron chi connectivity index (χ3n) is 6.43. The lowest BCUT2D eigenvalue weighted by molar-refractivity contribution is -0.135. The minimum absolute atomic E-state index is 0. The lowest BCUT2D eigenvalue weighted by atomic mass is 9.92. The molecule has 0 saturated carbocycles. The molecule has 2 heterocycles. The number of rotatable bonds is 7. The van der Waals surface area contributed by atoms with E-state index in [2.05, 4.69) is 40.8 Å². The van der Waals surface area contributed by atoms with Crippen molar-refractivity contribution in [1.82, 2.24) is 20.0 Å². The molecule has 7 nitrogen and oxygen atoms in total. The fourth-order valence-corrected chi connectivity index (χ4v) is 4.40. The number of aliphatic hydroxyl groups is 1. The summed E-state index contributed by atoms with van der Waals surface area (Å²) in [7, 11) is 0. The van der Waals surface area contributed by atoms with E-state index in [1.807, 2.05) is 13.8 Å². The predicted octanol–water partition coefficient (Wildman–Crippen LogP) is 2.24. The van der Waals surface area contributed by atoms with Crippen molar-refractivity contribution >= 4 is 35.8 Å². The van der Waals surface area contributed by atoms with E-state index in [1.165, 1.54) is 6.42 Å². The summed E-state index contributed by atoms with van der Waals surface area (Å²) in [6.07, 6.45) is 2.63. The molecule has 2 N–H and O–H groups in total. The molecule has 0 aliphatic carbocycles. The van der Waals surface area contributed by atoms with Crippen molar-refractivity contribution < 1.29 is 9.90 Å². The molecule has 0 bridgehead atoms. The molecule has 30 heavy (non-hydrogen) atoms. The van der Waals surface area contributed by atoms with Gasteiger partial charge in [0.05, 0.1) is 18.7 Å². The molecular weight excluding hydrogens is 493 g/mol. The van der Waals surface area contributed by atoms with Crippen molar-refractivity contribution in [2.24, 2.45) is 16.8 Å². The number of carbonyl (C=O) groups is 1. The minimum Gasteiger partial charge on any atom is -0.388 e. The Balaban J connectivity index is 0.00000450. The van der Waals surface area contributed by atoms with Gasteiger partial charge in [0.25, 0.3) is 0 Å². The Labute approximate surface area is 200 Å². The van der Waals surface area contributed by atoms with Crippen LogP contribution in [0.3, 0.4) is 0 Å². The molecule has 0 aromatic rings. The molecule has 176 valence electrons. The maximum Gasteiger partial charge on any atom is 0.236 e. The van der Waals surface area contributed by atoms with E-state index in [4.69, 9.17) is 4.99 Å². The standard InChI is InChI=1S/C22H43N5O2.HI/c1-6-22(29,7-2)17-24-21(23-8-3)26-11-9-25(10-12-26)16-20(28)27-14-18(4)13-19(5)15-27;/h18-19,29H,6-17H2,1-5H3,(H,23,24);1H. The van der Waals surface area contributed by atoms with Crippen molar-refractivity contribution in [2.45, 2.75) is 59.5 Å². The van der Waals surface area contributed by atoms with Crippen LogP contribution in [0, 0.1) is 11.8 Å². The van der Waals surface area contributed by atoms with E-state index in [-0.39, 0.29) is 29.9 Å². The van der Waals surface area contributed by atoms with Gasteiger partial charge >= 0.3 is 0 Å². The van der Waals surface area contributed by atoms with Crippen LogP contribution >= 0.6 is 24.0 Å². The number of hydrogen-bond donors (Lipinski definition) is 2. The fourth-order valence-electron chi connectivity index (χ4n) is 4.40. The van der Waals surface area contributed by atoms with Crippen LogP contribution in [-0.2, 0) is 4.79 Å². The average molecular weight is 538 g/mol. The number of amides is 1. The fraction of sp³-hybridized carbons (Fsp3) is 0.909. The molecule has 2 atom stereocenters. The zero-order chi connectivity index (χ0) is 21.4. The number of piperidine rings is 1. The molecule has 8 heteroatoms. The van der Waals surface area contributed by atoms with Gasteiger partial charge in [-0.15, -0.1) is 24.0 Å². The highest BCUT2D eigenvalue weighted by Crippen LogP contribution is 2.21. The van der Waals surface area contributed by atoms with E-state index < -0.39 is 5.60 Å². The van der Waals surface area contributed by atoms with Crippen LogP contribution in [0.1, 0.15) is 53.9 Å². The smallest absolute Gasteiger partial charge is 0.236 e. The number of carbonyl (C=O) groups excluding carboxylic acids is 1. The first-order chi connectivity index (χ1) is 13.8. The Kier molecular flexibility index (Phi) is 11.9. The number of piperazine rings is 1. The second-order valence-corrected chi connectivity index (χ2v) is 9.11. The van der Waals surface area contributed by atoms with Gasteiger partial charge < -0.3 is 20.2 Å². The second-order valence-electron chi connectivity index (χ2n) is 9.11. The van der Waals surface area contributed by atoms with E-state index in [0.717, 1.165) is 51.8 Å². The van der Waals surface area contributed by atoms with Crippen LogP contribution in [-0.4, -0.2) is 96.2 Å². The highest BCUT2D eigenvalue weighted by molar-refractivity contribution is 14.0. The Morgan fingerprint density at radius 3 is 2.10 bits per heavy atom. The molecule has 1 amide bonds. The Hall–Kier alpha value is -0.610. The Bertz CT molecular complexity index is 538. The van der Waals surface area contributed by atoms with Crippen LogP contribution in [0.25, 0.3) is 0 Å². The van der Waals surface area contributed by atoms with E-state index in [1.54, 1.807) is 0 Å². The molecule has 0 aromatic heterocycles. The number of guanidine groups is 1. The van der Waals surface area contributed by atoms with Crippen LogP contribution < -0.4 is 5.32 Å². The van der Waals surface area contributed by atoms with Gasteiger partial charge in [0.1, 0.15) is 0 Å². The summed E-state index contributed by atoms with van der Waals surface area (Å²) in [5.74, 6) is 2.34. The maximum absolute atomic E-state index is 12.8. The number of halogens is 1. The molecule has 2 saturated heterocycles. The largest absolute Gasteiger partial charge is 0.388 e. The minimum atomic E-state index is -0.725. The molecule has 2 aliphatic heterocycles. The Morgan fingerprint density at radius 2 is 1.60 bits per heavy atom. The van der Waals surface area contributed by atoms with Gasteiger partial charge in [-0.2, -0.15) is 0 Å². The van der Waals surface area contributed by atoms with Gasteiger partial charge in [0.2, 0.25) is 5.91 Å². The zero-order valence-electron chi connectivity index (χ0n) is 19.7. The van der Waals surface area contributed by atoms with E-state index in [0.29, 0.717) is 37.8 Å². The molecule has 2 unspecified atom stereocenters. The van der Waals surface area contributed by atoms with Crippen LogP contribution in [0.2, 0.25) is 0 Å². The average Bonchev–Trinajstić information content (AvgIpc) is 2.71. The summed E-state index contributed by atoms with van der Waals surface area (Å²) in [6.45, 7) is 17.5. The lowest BCUT2D eigenvalue weighted by Crippen LogP contribution is -2.55. The van der Waals surface area contributed by atoms with Crippen molar-refractivity contribution in [3.63, 3.8) is 0 Å². The highest BCUT2D eigenvalue weighted by atomic mass is 127. The molecule has 2 rings (SSSR count). The maximum atomic E-state index is 12.8. The topological polar surface area (TPSA) is 71.4 Å². The third kappa shape index (κ3) is 8.15. The van der Waals surface area contributed by atoms with Crippen LogP contribution in [0.4, 0.5) is 0 Å². The van der Waals surface area contributed by atoms with Crippen molar-refractivity contribution in [3.05, 3.63) is 0 Å². The third-order valence-corrected chi connectivity index (χ3v) is 6.43. The SMILES string of the molecule is CCNC(=NCC(O)(CC)CC)N1CCN(CC(=O)N2CC(C)CC(C)C2)CC1.I. The van der Waals surface area contributed by atoms with Gasteiger partial charge in [-0.05, 0) is 38.0 Å². The highest BCUT2D eigenvalue weighted by Gasteiger charge is 2.28. The molecule has 2 fully saturated rings. The van der Waals surface area contributed by atoms with Gasteiger partial charge in [-0.1, -0.05) is 27.7 Å². The summed E-state index contributed by atoms with van der Waals surface area (Å²) in [6, 6.07) is 0. The van der Waals surface area contributed by atoms with Gasteiger partial charge in [0, 0.05) is 45.8 Å². The van der Waals surface area contributed by atoms with Gasteiger partial charge in [0.15, 0.2) is 5.96 Å². The van der Waals surface area contributed by atoms with E-state index in [9.17, 15) is 9.90 Å². The number of likely N-dealkylation sites (tertiary alicyclic amines) is 1. The molecular formula is C22H44IN5O2. The zero-order valence-corrected chi connectivity index (χ0v) is 22.0. The lowest BCUT2D eigenvalue weighted by Gasteiger charge is -2.39. The first-order valence-electron chi connectivity index (χ1n) is 11.6. The van der Waals surface area contributed by atoms with Crippen molar-refractivity contribution in [2.75, 3.05) is 58.9 Å². The monoisotopic (exact) mass is 537 g/mol. The molecule has 0 radical (unpaired) electrons. The number of hydrogen-bond acceptors (Lipinski definition) is 4. The molecule has 0 aromatic carbocycles. The summed E-state index contributed by atoms with van der Waals surface area (Å²) < 4.78 is 0. The first kappa shape index (κ1) is 27.4. The second kappa shape index (κ2) is 13.1. The normalized spacial score (nSPS) is 23.9. The number of aliphatic imine (C=N–C) groups is 1. The summed E-state index contributed by atoms with van der Waals surface area (Å²) in [4.78, 5) is 24.1. The number of nitrogens with zero attached hydrogens (tertiary/aromatic N) is 4. The predicted molar refractivity (Wildman–Crippen MR) is 134 cm³/mol. The van der Waals surface area contributed by atoms with Gasteiger partial charge in [-0.3, -0.25) is 14.7 Å². The van der Waals surface area contributed by atoms with Gasteiger partial charge in [-0.25, -0.2) is 0 Å². The summed E-state index contributed by atoms with van der Waals surface area (Å²) in [5.41, 5.74) is -0.725. The number of nitrogens with one attached hydrogen (secondary N) is 1. The summed E-state index contributed by atoms with van der Waals surface area (Å²) >= 11 is 0. The quantitative estimate of drug-likeness (QED) is 0.296. The molecule has 0 spiro atoms. The first-order valence-corrected chi connectivity index (χ1v) is 11.6.